The number of rotatable bonds is 10. The van der Waals surface area contributed by atoms with Crippen LogP contribution in [0.3, 0.4) is 0 Å². The molecule has 1 heterocycles. The van der Waals surface area contributed by atoms with Gasteiger partial charge in [0, 0.05) is 39.1 Å². The molecular weight excluding hydrogens is 448 g/mol. The van der Waals surface area contributed by atoms with Crippen molar-refractivity contribution in [3.63, 3.8) is 0 Å². The fourth-order valence-corrected chi connectivity index (χ4v) is 4.96. The molecule has 2 amide bonds. The highest BCUT2D eigenvalue weighted by Gasteiger charge is 2.51. The minimum absolute atomic E-state index is 0.0725. The predicted octanol–water partition coefficient (Wildman–Crippen LogP) is 3.42. The standard InChI is InChI=1S/C27H30N2O6/c1-3-13-27(25(31)32)16-29(17-27)24(30)23(12-14-34-2)28-26(33)35-15-22-20-10-6-4-8-18(20)19-9-5-7-11-21(19)22/h3-11,22-23H,1,12-17H2,2H3,(H,28,33)(H,31,32). The number of carbonyl (C=O) groups is 3. The fourth-order valence-electron chi connectivity index (χ4n) is 4.96. The zero-order chi connectivity index (χ0) is 25.0. The molecular formula is C27H30N2O6. The summed E-state index contributed by atoms with van der Waals surface area (Å²) in [5.74, 6) is -1.40. The van der Waals surface area contributed by atoms with Gasteiger partial charge in [-0.1, -0.05) is 54.6 Å². The maximum Gasteiger partial charge on any atom is 0.407 e. The zero-order valence-corrected chi connectivity index (χ0v) is 19.7. The van der Waals surface area contributed by atoms with Crippen molar-refractivity contribution in [2.75, 3.05) is 33.4 Å². The molecule has 1 fully saturated rings. The van der Waals surface area contributed by atoms with Crippen LogP contribution in [0.1, 0.15) is 29.9 Å². The van der Waals surface area contributed by atoms with Crippen molar-refractivity contribution in [2.45, 2.75) is 24.8 Å². The molecule has 1 saturated heterocycles. The lowest BCUT2D eigenvalue weighted by Gasteiger charge is -2.47. The van der Waals surface area contributed by atoms with E-state index in [1.807, 2.05) is 36.4 Å². The lowest BCUT2D eigenvalue weighted by Crippen LogP contribution is -2.65. The number of carboxylic acids is 1. The Morgan fingerprint density at radius 3 is 2.29 bits per heavy atom. The van der Waals surface area contributed by atoms with E-state index >= 15 is 0 Å². The van der Waals surface area contributed by atoms with Gasteiger partial charge >= 0.3 is 12.1 Å². The molecule has 184 valence electrons. The molecule has 0 spiro atoms. The number of hydrogen-bond donors (Lipinski definition) is 2. The van der Waals surface area contributed by atoms with E-state index < -0.39 is 23.5 Å². The van der Waals surface area contributed by atoms with Gasteiger partial charge in [0.2, 0.25) is 5.91 Å². The van der Waals surface area contributed by atoms with Crippen LogP contribution in [0.2, 0.25) is 0 Å². The van der Waals surface area contributed by atoms with Crippen LogP contribution in [0.15, 0.2) is 61.2 Å². The number of ether oxygens (including phenoxy) is 2. The summed E-state index contributed by atoms with van der Waals surface area (Å²) in [7, 11) is 1.51. The number of nitrogens with one attached hydrogen (secondary N) is 1. The van der Waals surface area contributed by atoms with Gasteiger partial charge < -0.3 is 24.8 Å². The second kappa shape index (κ2) is 10.3. The number of fused-ring (bicyclic) bond motifs is 3. The molecule has 0 bridgehead atoms. The van der Waals surface area contributed by atoms with Crippen LogP contribution in [0.25, 0.3) is 11.1 Å². The highest BCUT2D eigenvalue weighted by molar-refractivity contribution is 5.89. The average Bonchev–Trinajstić information content (AvgIpc) is 3.15. The number of hydrogen-bond acceptors (Lipinski definition) is 5. The number of likely N-dealkylation sites (tertiary alicyclic amines) is 1. The minimum Gasteiger partial charge on any atom is -0.481 e. The van der Waals surface area contributed by atoms with Crippen LogP contribution >= 0.6 is 0 Å². The first-order valence-corrected chi connectivity index (χ1v) is 11.6. The second-order valence-corrected chi connectivity index (χ2v) is 9.08. The molecule has 1 aliphatic carbocycles. The van der Waals surface area contributed by atoms with Crippen molar-refractivity contribution >= 4 is 18.0 Å². The van der Waals surface area contributed by atoms with Crippen molar-refractivity contribution in [1.29, 1.82) is 0 Å². The van der Waals surface area contributed by atoms with Crippen LogP contribution in [0.5, 0.6) is 0 Å². The summed E-state index contributed by atoms with van der Waals surface area (Å²) < 4.78 is 10.7. The van der Waals surface area contributed by atoms with E-state index in [1.54, 1.807) is 6.08 Å². The summed E-state index contributed by atoms with van der Waals surface area (Å²) in [6.45, 7) is 4.15. The van der Waals surface area contributed by atoms with Gasteiger partial charge in [0.05, 0.1) is 0 Å². The van der Waals surface area contributed by atoms with Crippen LogP contribution < -0.4 is 5.32 Å². The van der Waals surface area contributed by atoms with Crippen molar-refractivity contribution < 1.29 is 29.0 Å². The smallest absolute Gasteiger partial charge is 0.407 e. The number of amides is 2. The SMILES string of the molecule is C=CCC1(C(=O)O)CN(C(=O)C(CCOC)NC(=O)OCC2c3ccccc3-c3ccccc32)C1. The van der Waals surface area contributed by atoms with E-state index in [0.29, 0.717) is 0 Å². The topological polar surface area (TPSA) is 105 Å². The third-order valence-corrected chi connectivity index (χ3v) is 6.83. The largest absolute Gasteiger partial charge is 0.481 e. The molecule has 2 aliphatic rings. The third kappa shape index (κ3) is 4.79. The quantitative estimate of drug-likeness (QED) is 0.507. The molecule has 8 heteroatoms. The maximum absolute atomic E-state index is 13.1. The lowest BCUT2D eigenvalue weighted by atomic mass is 9.76. The van der Waals surface area contributed by atoms with Crippen LogP contribution in [-0.4, -0.2) is 67.4 Å². The lowest BCUT2D eigenvalue weighted by molar-refractivity contribution is -0.166. The Bertz CT molecular complexity index is 1080. The molecule has 0 aromatic heterocycles. The molecule has 0 saturated carbocycles. The van der Waals surface area contributed by atoms with E-state index in [4.69, 9.17) is 9.47 Å². The second-order valence-electron chi connectivity index (χ2n) is 9.08. The minimum atomic E-state index is -1.02. The van der Waals surface area contributed by atoms with E-state index in [2.05, 4.69) is 24.0 Å². The maximum atomic E-state index is 13.1. The van der Waals surface area contributed by atoms with Gasteiger partial charge in [-0.15, -0.1) is 6.58 Å². The molecule has 35 heavy (non-hydrogen) atoms. The van der Waals surface area contributed by atoms with E-state index in [9.17, 15) is 19.5 Å². The first-order chi connectivity index (χ1) is 16.9. The van der Waals surface area contributed by atoms with E-state index in [-0.39, 0.29) is 51.0 Å². The first-order valence-electron chi connectivity index (χ1n) is 11.6. The molecule has 8 nitrogen and oxygen atoms in total. The van der Waals surface area contributed by atoms with Gasteiger partial charge in [0.25, 0.3) is 0 Å². The number of methoxy groups -OCH3 is 1. The van der Waals surface area contributed by atoms with Crippen molar-refractivity contribution in [1.82, 2.24) is 10.2 Å². The summed E-state index contributed by atoms with van der Waals surface area (Å²) in [5.41, 5.74) is 3.43. The number of aliphatic carboxylic acids is 1. The summed E-state index contributed by atoms with van der Waals surface area (Å²) in [5, 5.41) is 12.2. The Kier molecular flexibility index (Phi) is 7.21. The van der Waals surface area contributed by atoms with Crippen LogP contribution in [0, 0.1) is 5.41 Å². The monoisotopic (exact) mass is 478 g/mol. The fraction of sp³-hybridized carbons (Fsp3) is 0.370. The Morgan fingerprint density at radius 2 is 1.74 bits per heavy atom. The van der Waals surface area contributed by atoms with Crippen molar-refractivity contribution in [3.8, 4) is 11.1 Å². The van der Waals surface area contributed by atoms with Gasteiger partial charge in [-0.05, 0) is 28.7 Å². The number of benzene rings is 2. The summed E-state index contributed by atoms with van der Waals surface area (Å²) in [6.07, 6.45) is 1.37. The highest BCUT2D eigenvalue weighted by Crippen LogP contribution is 2.44. The number of allylic oxidation sites excluding steroid dienone is 1. The molecule has 2 aromatic rings. The van der Waals surface area contributed by atoms with E-state index in [0.717, 1.165) is 22.3 Å². The van der Waals surface area contributed by atoms with Gasteiger partial charge in [0.1, 0.15) is 18.1 Å². The van der Waals surface area contributed by atoms with Gasteiger partial charge in [-0.3, -0.25) is 9.59 Å². The predicted molar refractivity (Wildman–Crippen MR) is 130 cm³/mol. The number of alkyl carbamates (subject to hydrolysis) is 1. The first kappa shape index (κ1) is 24.5. The van der Waals surface area contributed by atoms with Crippen LogP contribution in [0.4, 0.5) is 4.79 Å². The zero-order valence-electron chi connectivity index (χ0n) is 19.7. The molecule has 2 N–H and O–H groups in total. The summed E-state index contributed by atoms with van der Waals surface area (Å²) in [6, 6.07) is 15.2. The molecule has 1 unspecified atom stereocenters. The molecule has 1 atom stereocenters. The Morgan fingerprint density at radius 1 is 1.14 bits per heavy atom. The Labute approximate surface area is 204 Å². The molecule has 0 radical (unpaired) electrons. The summed E-state index contributed by atoms with van der Waals surface area (Å²) >= 11 is 0. The van der Waals surface area contributed by atoms with Crippen LogP contribution in [-0.2, 0) is 19.1 Å². The van der Waals surface area contributed by atoms with E-state index in [1.165, 1.54) is 12.0 Å². The molecule has 4 rings (SSSR count). The number of nitrogens with zero attached hydrogens (tertiary/aromatic N) is 1. The van der Waals surface area contributed by atoms with Gasteiger partial charge in [0.15, 0.2) is 0 Å². The van der Waals surface area contributed by atoms with Gasteiger partial charge in [-0.2, -0.15) is 0 Å². The Hall–Kier alpha value is -3.65. The summed E-state index contributed by atoms with van der Waals surface area (Å²) in [4.78, 5) is 38.9. The van der Waals surface area contributed by atoms with Gasteiger partial charge in [-0.25, -0.2) is 4.79 Å². The van der Waals surface area contributed by atoms with Crippen molar-refractivity contribution in [3.05, 3.63) is 72.3 Å². The Balaban J connectivity index is 1.39. The number of carbonyl (C=O) groups excluding carboxylic acids is 2. The molecule has 2 aromatic carbocycles. The third-order valence-electron chi connectivity index (χ3n) is 6.83. The average molecular weight is 479 g/mol. The number of carboxylic acid groups (broad SMARTS) is 1. The van der Waals surface area contributed by atoms with Crippen molar-refractivity contribution in [2.24, 2.45) is 5.41 Å². The molecule has 1 aliphatic heterocycles. The normalized spacial score (nSPS) is 16.4. The highest BCUT2D eigenvalue weighted by atomic mass is 16.5.